The Morgan fingerprint density at radius 3 is 2.92 bits per heavy atom. The summed E-state index contributed by atoms with van der Waals surface area (Å²) >= 11 is 7.25. The quantitative estimate of drug-likeness (QED) is 0.269. The molecule has 0 aliphatic carbocycles. The topological polar surface area (TPSA) is 113 Å². The highest BCUT2D eigenvalue weighted by Crippen LogP contribution is 2.49. The van der Waals surface area contributed by atoms with Crippen LogP contribution >= 0.6 is 11.6 Å². The summed E-state index contributed by atoms with van der Waals surface area (Å²) in [5.41, 5.74) is 2.48. The minimum atomic E-state index is -0.328. The van der Waals surface area contributed by atoms with Gasteiger partial charge in [0.25, 0.3) is 0 Å². The predicted octanol–water partition coefficient (Wildman–Crippen LogP) is 5.03. The zero-order valence-corrected chi connectivity index (χ0v) is 28.4. The number of terminal acetylenes is 1. The van der Waals surface area contributed by atoms with Crippen molar-refractivity contribution < 1.29 is 24.1 Å². The number of aromatic hydroxyl groups is 1. The van der Waals surface area contributed by atoms with Crippen LogP contribution in [0, 0.1) is 12.3 Å². The van der Waals surface area contributed by atoms with E-state index in [1.807, 2.05) is 24.3 Å². The summed E-state index contributed by atoms with van der Waals surface area (Å²) in [7, 11) is 3.39. The minimum Gasteiger partial charge on any atom is -0.508 e. The summed E-state index contributed by atoms with van der Waals surface area (Å²) in [6.07, 6.45) is 9.53. The van der Waals surface area contributed by atoms with E-state index in [1.54, 1.807) is 26.2 Å². The SMILES string of the molecule is C#Cc1cccc2cc(O)cc(-c3cc4nc(OCC56CCCN5[C@@H](COC(=O)N(C)C)CC6)nc5c4c(c3Cl)OCC3CNCCN53)c12. The number of anilines is 1. The van der Waals surface area contributed by atoms with Gasteiger partial charge >= 0.3 is 12.1 Å². The number of ether oxygens (including phenoxy) is 3. The maximum absolute atomic E-state index is 12.1. The molecule has 2 unspecified atom stereocenters. The Morgan fingerprint density at radius 2 is 2.08 bits per heavy atom. The number of nitrogens with one attached hydrogen (secondary N) is 1. The first-order chi connectivity index (χ1) is 23.8. The van der Waals surface area contributed by atoms with Crippen molar-refractivity contribution in [2.45, 2.75) is 43.3 Å². The van der Waals surface area contributed by atoms with Gasteiger partial charge in [0, 0.05) is 56.3 Å². The van der Waals surface area contributed by atoms with Crippen molar-refractivity contribution in [2.24, 2.45) is 0 Å². The molecular weight excluding hydrogens is 644 g/mol. The first-order valence-corrected chi connectivity index (χ1v) is 17.2. The number of rotatable bonds is 6. The molecule has 1 aromatic heterocycles. The molecule has 49 heavy (non-hydrogen) atoms. The fourth-order valence-corrected chi connectivity index (χ4v) is 8.51. The summed E-state index contributed by atoms with van der Waals surface area (Å²) in [6, 6.07) is 11.5. The Hall–Kier alpha value is -4.50. The number of hydrogen-bond acceptors (Lipinski definition) is 10. The number of halogens is 1. The van der Waals surface area contributed by atoms with E-state index >= 15 is 0 Å². The number of benzene rings is 3. The number of phenolic OH excluding ortho intramolecular Hbond substituents is 1. The number of amides is 1. The van der Waals surface area contributed by atoms with E-state index in [2.05, 4.69) is 21.0 Å². The van der Waals surface area contributed by atoms with Gasteiger partial charge in [-0.1, -0.05) is 29.7 Å². The van der Waals surface area contributed by atoms with Gasteiger partial charge in [-0.2, -0.15) is 9.97 Å². The molecule has 4 aliphatic rings. The van der Waals surface area contributed by atoms with Crippen molar-refractivity contribution in [1.29, 1.82) is 0 Å². The highest BCUT2D eigenvalue weighted by molar-refractivity contribution is 6.37. The Labute approximate surface area is 290 Å². The molecule has 8 rings (SSSR count). The monoisotopic (exact) mass is 682 g/mol. The van der Waals surface area contributed by atoms with Crippen LogP contribution in [0.4, 0.5) is 10.6 Å². The van der Waals surface area contributed by atoms with Gasteiger partial charge in [-0.05, 0) is 67.4 Å². The predicted molar refractivity (Wildman–Crippen MR) is 189 cm³/mol. The second kappa shape index (κ2) is 12.4. The summed E-state index contributed by atoms with van der Waals surface area (Å²) < 4.78 is 18.7. The number of carbonyl (C=O) groups excluding carboxylic acids is 1. The van der Waals surface area contributed by atoms with Crippen LogP contribution < -0.4 is 19.7 Å². The molecular formula is C37H39ClN6O5. The highest BCUT2D eigenvalue weighted by atomic mass is 35.5. The Bertz CT molecular complexity index is 2020. The lowest BCUT2D eigenvalue weighted by Crippen LogP contribution is -2.53. The molecule has 254 valence electrons. The summed E-state index contributed by atoms with van der Waals surface area (Å²) in [4.78, 5) is 28.4. The van der Waals surface area contributed by atoms with Gasteiger partial charge in [0.15, 0.2) is 5.75 Å². The molecule has 3 fully saturated rings. The van der Waals surface area contributed by atoms with Crippen LogP contribution in [0.1, 0.15) is 31.2 Å². The lowest BCUT2D eigenvalue weighted by atomic mass is 9.93. The Kier molecular flexibility index (Phi) is 8.05. The fraction of sp³-hybridized carbons (Fsp3) is 0.432. The van der Waals surface area contributed by atoms with Gasteiger partial charge in [0.2, 0.25) is 0 Å². The normalized spacial score (nSPS) is 23.0. The van der Waals surface area contributed by atoms with Crippen LogP contribution in [0.5, 0.6) is 17.5 Å². The van der Waals surface area contributed by atoms with E-state index in [4.69, 9.17) is 42.2 Å². The first kappa shape index (κ1) is 31.7. The number of hydrogen-bond donors (Lipinski definition) is 2. The van der Waals surface area contributed by atoms with Crippen molar-refractivity contribution in [2.75, 3.05) is 65.0 Å². The largest absolute Gasteiger partial charge is 0.508 e. The van der Waals surface area contributed by atoms with Crippen molar-refractivity contribution >= 4 is 45.2 Å². The summed E-state index contributed by atoms with van der Waals surface area (Å²) in [6.45, 7) is 4.41. The van der Waals surface area contributed by atoms with E-state index in [9.17, 15) is 9.90 Å². The standard InChI is InChI=1S/C37H39ClN6O5/c1-4-22-7-5-8-23-15-26(45)16-27(30(22)23)28-17-29-31-33(32(28)38)47-20-25-18-39-12-14-43(25)34(31)41-35(40-29)49-21-37-10-6-13-44(37)24(9-11-37)19-48-36(46)42(2)3/h1,5,7-8,15-17,24-25,39,45H,6,9-14,18-21H2,2-3H3/t24-,25?,37?/m1/s1. The zero-order valence-electron chi connectivity index (χ0n) is 27.7. The summed E-state index contributed by atoms with van der Waals surface area (Å²) in [5.74, 6) is 4.13. The number of aromatic nitrogens is 2. The number of carbonyl (C=O) groups is 1. The zero-order chi connectivity index (χ0) is 33.9. The molecule has 0 spiro atoms. The lowest BCUT2D eigenvalue weighted by Gasteiger charge is -2.36. The van der Waals surface area contributed by atoms with Crippen molar-refractivity contribution in [3.8, 4) is 41.0 Å². The summed E-state index contributed by atoms with van der Waals surface area (Å²) in [5, 5.41) is 17.0. The molecule has 0 bridgehead atoms. The Morgan fingerprint density at radius 1 is 1.20 bits per heavy atom. The van der Waals surface area contributed by atoms with E-state index in [0.717, 1.165) is 73.8 Å². The number of fused-ring (bicyclic) bond motifs is 4. The van der Waals surface area contributed by atoms with Crippen LogP contribution in [-0.4, -0.2) is 109 Å². The second-order valence-corrected chi connectivity index (χ2v) is 14.0. The molecule has 3 aromatic carbocycles. The van der Waals surface area contributed by atoms with Gasteiger partial charge in [-0.25, -0.2) is 4.79 Å². The van der Waals surface area contributed by atoms with Gasteiger partial charge in [-0.3, -0.25) is 4.90 Å². The van der Waals surface area contributed by atoms with E-state index in [1.165, 1.54) is 4.90 Å². The third-order valence-corrected chi connectivity index (χ3v) is 10.9. The van der Waals surface area contributed by atoms with Crippen molar-refractivity contribution in [1.82, 2.24) is 25.1 Å². The molecule has 4 aromatic rings. The van der Waals surface area contributed by atoms with E-state index < -0.39 is 0 Å². The van der Waals surface area contributed by atoms with Gasteiger partial charge in [0.05, 0.1) is 27.5 Å². The molecule has 0 radical (unpaired) electrons. The van der Waals surface area contributed by atoms with Crippen LogP contribution in [-0.2, 0) is 4.74 Å². The lowest BCUT2D eigenvalue weighted by molar-refractivity contribution is 0.0484. The van der Waals surface area contributed by atoms with E-state index in [0.29, 0.717) is 52.8 Å². The molecule has 4 aliphatic heterocycles. The van der Waals surface area contributed by atoms with Crippen LogP contribution in [0.2, 0.25) is 5.02 Å². The second-order valence-electron chi connectivity index (χ2n) is 13.7. The maximum atomic E-state index is 12.1. The third-order valence-electron chi connectivity index (χ3n) is 10.6. The van der Waals surface area contributed by atoms with Crippen LogP contribution in [0.25, 0.3) is 32.8 Å². The number of nitrogens with zero attached hydrogens (tertiary/aromatic N) is 5. The smallest absolute Gasteiger partial charge is 0.409 e. The highest BCUT2D eigenvalue weighted by Gasteiger charge is 2.50. The van der Waals surface area contributed by atoms with Crippen molar-refractivity contribution in [3.63, 3.8) is 0 Å². The number of phenols is 1. The average Bonchev–Trinajstić information content (AvgIpc) is 3.62. The third kappa shape index (κ3) is 5.43. The van der Waals surface area contributed by atoms with E-state index in [-0.39, 0.29) is 35.5 Å². The maximum Gasteiger partial charge on any atom is 0.409 e. The molecule has 1 amide bonds. The van der Waals surface area contributed by atoms with Crippen molar-refractivity contribution in [3.05, 3.63) is 47.0 Å². The molecule has 12 heteroatoms. The van der Waals surface area contributed by atoms with Crippen LogP contribution in [0.3, 0.4) is 0 Å². The molecule has 2 N–H and O–H groups in total. The van der Waals surface area contributed by atoms with Gasteiger partial charge in [-0.15, -0.1) is 6.42 Å². The van der Waals surface area contributed by atoms with Gasteiger partial charge < -0.3 is 34.4 Å². The molecule has 3 saturated heterocycles. The number of piperazine rings is 1. The molecule has 5 heterocycles. The molecule has 11 nitrogen and oxygen atoms in total. The fourth-order valence-electron chi connectivity index (χ4n) is 8.20. The Balaban J connectivity index is 1.21. The first-order valence-electron chi connectivity index (χ1n) is 16.9. The minimum absolute atomic E-state index is 0.0330. The van der Waals surface area contributed by atoms with Crippen LogP contribution in [0.15, 0.2) is 36.4 Å². The van der Waals surface area contributed by atoms with Gasteiger partial charge in [0.1, 0.15) is 31.4 Å². The molecule has 3 atom stereocenters. The average molecular weight is 683 g/mol. The molecule has 0 saturated carbocycles.